The molecule has 0 saturated carbocycles. The number of nitrogens with zero attached hydrogens (tertiary/aromatic N) is 2. The Bertz CT molecular complexity index is 442. The fourth-order valence-electron chi connectivity index (χ4n) is 2.51. The van der Waals surface area contributed by atoms with Gasteiger partial charge in [0, 0.05) is 18.0 Å². The van der Waals surface area contributed by atoms with Crippen molar-refractivity contribution >= 4 is 11.6 Å². The molecule has 1 aromatic rings. The van der Waals surface area contributed by atoms with E-state index in [1.54, 1.807) is 0 Å². The van der Waals surface area contributed by atoms with E-state index < -0.39 is 0 Å². The van der Waals surface area contributed by atoms with Gasteiger partial charge in [-0.1, -0.05) is 30.7 Å². The molecule has 0 aliphatic carbocycles. The summed E-state index contributed by atoms with van der Waals surface area (Å²) < 4.78 is 0. The average molecular weight is 263 g/mol. The molecule has 3 heteroatoms. The molecule has 0 N–H and O–H groups in total. The minimum absolute atomic E-state index is 0.222. The second kappa shape index (κ2) is 5.73. The lowest BCUT2D eigenvalue weighted by Gasteiger charge is -2.38. The van der Waals surface area contributed by atoms with Crippen LogP contribution in [0.15, 0.2) is 24.3 Å². The van der Waals surface area contributed by atoms with E-state index in [-0.39, 0.29) is 5.41 Å². The molecule has 0 atom stereocenters. The second-order valence-corrected chi connectivity index (χ2v) is 5.99. The molecular formula is C15H19ClN2. The zero-order valence-corrected chi connectivity index (χ0v) is 11.6. The molecule has 1 aliphatic rings. The van der Waals surface area contributed by atoms with Gasteiger partial charge in [-0.25, -0.2) is 0 Å². The van der Waals surface area contributed by atoms with Crippen molar-refractivity contribution in [2.45, 2.75) is 32.7 Å². The van der Waals surface area contributed by atoms with Crippen molar-refractivity contribution in [1.82, 2.24) is 4.90 Å². The van der Waals surface area contributed by atoms with E-state index in [0.29, 0.717) is 6.42 Å². The number of benzene rings is 1. The molecule has 0 amide bonds. The number of piperidine rings is 1. The van der Waals surface area contributed by atoms with E-state index in [9.17, 15) is 0 Å². The molecule has 0 spiro atoms. The quantitative estimate of drug-likeness (QED) is 0.827. The fraction of sp³-hybridized carbons (Fsp3) is 0.533. The van der Waals surface area contributed by atoms with Crippen LogP contribution in [-0.4, -0.2) is 18.0 Å². The van der Waals surface area contributed by atoms with Gasteiger partial charge in [-0.3, -0.25) is 4.90 Å². The van der Waals surface area contributed by atoms with Gasteiger partial charge in [-0.15, -0.1) is 0 Å². The molecule has 96 valence electrons. The molecule has 0 aromatic heterocycles. The van der Waals surface area contributed by atoms with Crippen molar-refractivity contribution in [3.05, 3.63) is 34.9 Å². The lowest BCUT2D eigenvalue weighted by Crippen LogP contribution is -2.38. The summed E-state index contributed by atoms with van der Waals surface area (Å²) in [6, 6.07) is 10.4. The zero-order chi connectivity index (χ0) is 13.0. The highest BCUT2D eigenvalue weighted by atomic mass is 35.5. The van der Waals surface area contributed by atoms with Crippen molar-refractivity contribution in [1.29, 1.82) is 5.26 Å². The van der Waals surface area contributed by atoms with Gasteiger partial charge in [0.2, 0.25) is 0 Å². The largest absolute Gasteiger partial charge is 0.299 e. The first kappa shape index (κ1) is 13.4. The molecule has 2 nitrogen and oxygen atoms in total. The smallest absolute Gasteiger partial charge is 0.0627 e. The van der Waals surface area contributed by atoms with Crippen molar-refractivity contribution in [2.75, 3.05) is 13.1 Å². The first-order valence-electron chi connectivity index (χ1n) is 6.45. The molecule has 18 heavy (non-hydrogen) atoms. The summed E-state index contributed by atoms with van der Waals surface area (Å²) in [5.74, 6) is 0. The Morgan fingerprint density at radius 3 is 2.72 bits per heavy atom. The third-order valence-corrected chi connectivity index (χ3v) is 4.10. The summed E-state index contributed by atoms with van der Waals surface area (Å²) in [5, 5.41) is 9.64. The molecule has 1 aromatic carbocycles. The van der Waals surface area contributed by atoms with Crippen LogP contribution in [0.1, 0.15) is 31.7 Å². The van der Waals surface area contributed by atoms with Crippen LogP contribution >= 0.6 is 11.6 Å². The van der Waals surface area contributed by atoms with Crippen LogP contribution in [0.25, 0.3) is 0 Å². The van der Waals surface area contributed by atoms with Crippen molar-refractivity contribution < 1.29 is 0 Å². The highest BCUT2D eigenvalue weighted by Gasteiger charge is 2.29. The monoisotopic (exact) mass is 262 g/mol. The number of nitriles is 1. The molecule has 2 rings (SSSR count). The minimum atomic E-state index is 0.222. The predicted molar refractivity (Wildman–Crippen MR) is 74.3 cm³/mol. The van der Waals surface area contributed by atoms with Gasteiger partial charge in [-0.05, 0) is 49.0 Å². The van der Waals surface area contributed by atoms with Crippen LogP contribution in [-0.2, 0) is 6.54 Å². The maximum absolute atomic E-state index is 8.84. The summed E-state index contributed by atoms with van der Waals surface area (Å²) >= 11 is 5.99. The Morgan fingerprint density at radius 1 is 1.39 bits per heavy atom. The van der Waals surface area contributed by atoms with Gasteiger partial charge in [0.05, 0.1) is 6.07 Å². The van der Waals surface area contributed by atoms with E-state index in [1.165, 1.54) is 5.56 Å². The summed E-state index contributed by atoms with van der Waals surface area (Å²) in [5.41, 5.74) is 1.49. The Kier molecular flexibility index (Phi) is 4.27. The number of hydrogen-bond donors (Lipinski definition) is 0. The van der Waals surface area contributed by atoms with Crippen LogP contribution in [0, 0.1) is 16.7 Å². The molecule has 0 radical (unpaired) electrons. The molecule has 1 heterocycles. The molecule has 1 saturated heterocycles. The van der Waals surface area contributed by atoms with Gasteiger partial charge in [0.25, 0.3) is 0 Å². The van der Waals surface area contributed by atoms with E-state index in [2.05, 4.69) is 24.0 Å². The summed E-state index contributed by atoms with van der Waals surface area (Å²) in [4.78, 5) is 2.45. The zero-order valence-electron chi connectivity index (χ0n) is 10.8. The maximum Gasteiger partial charge on any atom is 0.0627 e. The Morgan fingerprint density at radius 2 is 2.11 bits per heavy atom. The van der Waals surface area contributed by atoms with Crippen LogP contribution in [0.5, 0.6) is 0 Å². The van der Waals surface area contributed by atoms with E-state index in [0.717, 1.165) is 37.5 Å². The first-order chi connectivity index (χ1) is 8.61. The molecular weight excluding hydrogens is 244 g/mol. The van der Waals surface area contributed by atoms with Gasteiger partial charge < -0.3 is 0 Å². The standard InChI is InChI=1S/C15H19ClN2/c1-15(5-8-17)6-9-18(10-7-15)12-13-3-2-4-14(16)11-13/h2-4,11H,5-7,9-10,12H2,1H3. The van der Waals surface area contributed by atoms with Crippen molar-refractivity contribution in [3.63, 3.8) is 0 Å². The van der Waals surface area contributed by atoms with Gasteiger partial charge in [0.15, 0.2) is 0 Å². The third kappa shape index (κ3) is 3.48. The SMILES string of the molecule is CC1(CC#N)CCN(Cc2cccc(Cl)c2)CC1. The summed E-state index contributed by atoms with van der Waals surface area (Å²) in [6.45, 7) is 5.34. The normalized spacial score (nSPS) is 19.4. The predicted octanol–water partition coefficient (Wildman–Crippen LogP) is 3.86. The van der Waals surface area contributed by atoms with Gasteiger partial charge in [0.1, 0.15) is 0 Å². The Hall–Kier alpha value is -1.04. The highest BCUT2D eigenvalue weighted by molar-refractivity contribution is 6.30. The maximum atomic E-state index is 8.84. The average Bonchev–Trinajstić information content (AvgIpc) is 2.33. The number of halogens is 1. The number of hydrogen-bond acceptors (Lipinski definition) is 2. The molecule has 1 fully saturated rings. The van der Waals surface area contributed by atoms with Crippen LogP contribution in [0.2, 0.25) is 5.02 Å². The van der Waals surface area contributed by atoms with Crippen LogP contribution in [0.3, 0.4) is 0 Å². The van der Waals surface area contributed by atoms with E-state index in [4.69, 9.17) is 16.9 Å². The summed E-state index contributed by atoms with van der Waals surface area (Å²) in [7, 11) is 0. The minimum Gasteiger partial charge on any atom is -0.299 e. The number of rotatable bonds is 3. The van der Waals surface area contributed by atoms with E-state index >= 15 is 0 Å². The Labute approximate surface area is 114 Å². The topological polar surface area (TPSA) is 27.0 Å². The Balaban J connectivity index is 1.89. The van der Waals surface area contributed by atoms with Crippen LogP contribution in [0.4, 0.5) is 0 Å². The lowest BCUT2D eigenvalue weighted by molar-refractivity contribution is 0.116. The fourth-order valence-corrected chi connectivity index (χ4v) is 2.73. The van der Waals surface area contributed by atoms with E-state index in [1.807, 2.05) is 18.2 Å². The van der Waals surface area contributed by atoms with Crippen molar-refractivity contribution in [2.24, 2.45) is 5.41 Å². The second-order valence-electron chi connectivity index (χ2n) is 5.55. The highest BCUT2D eigenvalue weighted by Crippen LogP contribution is 2.34. The summed E-state index contributed by atoms with van der Waals surface area (Å²) in [6.07, 6.45) is 2.90. The first-order valence-corrected chi connectivity index (χ1v) is 6.83. The molecule has 0 bridgehead atoms. The van der Waals surface area contributed by atoms with Gasteiger partial charge >= 0.3 is 0 Å². The lowest BCUT2D eigenvalue weighted by atomic mass is 9.78. The van der Waals surface area contributed by atoms with Gasteiger partial charge in [-0.2, -0.15) is 5.26 Å². The van der Waals surface area contributed by atoms with Crippen molar-refractivity contribution in [3.8, 4) is 6.07 Å². The molecule has 0 unspecified atom stereocenters. The molecule has 1 aliphatic heterocycles. The third-order valence-electron chi connectivity index (χ3n) is 3.86. The van der Waals surface area contributed by atoms with Crippen LogP contribution < -0.4 is 0 Å². The number of likely N-dealkylation sites (tertiary alicyclic amines) is 1.